The van der Waals surface area contributed by atoms with Gasteiger partial charge in [-0.05, 0) is 56.7 Å². The van der Waals surface area contributed by atoms with E-state index < -0.39 is 9.73 Å². The van der Waals surface area contributed by atoms with Gasteiger partial charge in [-0.15, -0.1) is 0 Å². The summed E-state index contributed by atoms with van der Waals surface area (Å²) in [7, 11) is -2.38. The van der Waals surface area contributed by atoms with Gasteiger partial charge in [0, 0.05) is 11.8 Å². The molecule has 1 aliphatic heterocycles. The minimum absolute atomic E-state index is 0. The second-order valence-electron chi connectivity index (χ2n) is 6.49. The summed E-state index contributed by atoms with van der Waals surface area (Å²) >= 11 is 0. The largest absolute Gasteiger partial charge is 1.00 e. The van der Waals surface area contributed by atoms with Crippen LogP contribution >= 0.6 is 0 Å². The molecule has 2 aromatic rings. The molecule has 3 rings (SSSR count). The molecule has 0 aliphatic carbocycles. The average molecular weight is 333 g/mol. The topological polar surface area (TPSA) is 29.4 Å². The van der Waals surface area contributed by atoms with E-state index in [9.17, 15) is 4.21 Å². The minimum atomic E-state index is -2.38. The molecule has 0 radical (unpaired) electrons. The summed E-state index contributed by atoms with van der Waals surface area (Å²) in [5.74, 6) is 0. The SMILES string of the molecule is Cc1cc(C)c(C[C@@H]2CCCN=[S@@]2(=O)c2[c-]cccc2)c(C)c1.[Li+]. The predicted octanol–water partition coefficient (Wildman–Crippen LogP) is 1.65. The van der Waals surface area contributed by atoms with Crippen LogP contribution in [0.3, 0.4) is 0 Å². The van der Waals surface area contributed by atoms with E-state index in [-0.39, 0.29) is 24.1 Å². The molecular formula is C20H24LiNOS. The van der Waals surface area contributed by atoms with Crippen LogP contribution in [0.4, 0.5) is 0 Å². The summed E-state index contributed by atoms with van der Waals surface area (Å²) in [5, 5.41) is 0.0787. The van der Waals surface area contributed by atoms with Gasteiger partial charge in [0.15, 0.2) is 0 Å². The number of aryl methyl sites for hydroxylation is 3. The zero-order chi connectivity index (χ0) is 16.4. The molecule has 2 aromatic carbocycles. The maximum Gasteiger partial charge on any atom is 1.00 e. The molecule has 1 heterocycles. The molecule has 0 bridgehead atoms. The van der Waals surface area contributed by atoms with Crippen molar-refractivity contribution >= 4 is 9.73 Å². The first-order valence-corrected chi connectivity index (χ1v) is 9.84. The van der Waals surface area contributed by atoms with Crippen molar-refractivity contribution in [1.29, 1.82) is 0 Å². The second kappa shape index (κ2) is 7.91. The molecule has 2 nitrogen and oxygen atoms in total. The third kappa shape index (κ3) is 3.80. The first-order valence-electron chi connectivity index (χ1n) is 8.26. The van der Waals surface area contributed by atoms with Gasteiger partial charge in [-0.3, -0.25) is 0 Å². The molecule has 0 aromatic heterocycles. The molecule has 24 heavy (non-hydrogen) atoms. The Hall–Kier alpha value is -1.01. The van der Waals surface area contributed by atoms with Gasteiger partial charge in [0.1, 0.15) is 0 Å². The molecule has 0 saturated carbocycles. The van der Waals surface area contributed by atoms with Gasteiger partial charge < -0.3 is 0 Å². The molecule has 122 valence electrons. The zero-order valence-electron chi connectivity index (χ0n) is 15.1. The van der Waals surface area contributed by atoms with E-state index >= 15 is 0 Å². The van der Waals surface area contributed by atoms with Crippen molar-refractivity contribution in [3.8, 4) is 0 Å². The van der Waals surface area contributed by atoms with Gasteiger partial charge in [-0.2, -0.15) is 30.3 Å². The minimum Gasteiger partial charge on any atom is -0.247 e. The van der Waals surface area contributed by atoms with Crippen LogP contribution in [0.2, 0.25) is 0 Å². The van der Waals surface area contributed by atoms with Crippen molar-refractivity contribution in [2.24, 2.45) is 4.36 Å². The second-order valence-corrected chi connectivity index (χ2v) is 9.00. The van der Waals surface area contributed by atoms with E-state index in [1.54, 1.807) is 0 Å². The van der Waals surface area contributed by atoms with E-state index in [4.69, 9.17) is 0 Å². The fraction of sp³-hybridized carbons (Fsp3) is 0.400. The maximum absolute atomic E-state index is 13.6. The number of nitrogens with zero attached hydrogens (tertiary/aromatic N) is 1. The van der Waals surface area contributed by atoms with E-state index in [2.05, 4.69) is 43.3 Å². The van der Waals surface area contributed by atoms with Crippen LogP contribution in [0.5, 0.6) is 0 Å². The van der Waals surface area contributed by atoms with Gasteiger partial charge in [0.05, 0.1) is 9.73 Å². The van der Waals surface area contributed by atoms with Gasteiger partial charge >= 0.3 is 18.9 Å². The molecule has 0 unspecified atom stereocenters. The molecular weight excluding hydrogens is 309 g/mol. The molecule has 4 heteroatoms. The third-order valence-corrected chi connectivity index (χ3v) is 7.44. The molecule has 2 atom stereocenters. The summed E-state index contributed by atoms with van der Waals surface area (Å²) < 4.78 is 18.2. The number of hydrogen-bond acceptors (Lipinski definition) is 2. The monoisotopic (exact) mass is 333 g/mol. The fourth-order valence-electron chi connectivity index (χ4n) is 3.57. The first kappa shape index (κ1) is 19.3. The van der Waals surface area contributed by atoms with Crippen molar-refractivity contribution in [3.05, 3.63) is 64.7 Å². The summed E-state index contributed by atoms with van der Waals surface area (Å²) in [5.41, 5.74) is 5.22. The van der Waals surface area contributed by atoms with Crippen LogP contribution in [-0.2, 0) is 16.1 Å². The zero-order valence-corrected chi connectivity index (χ0v) is 16.0. The standard InChI is InChI=1S/C20H24NOS.Li/c1-15-12-16(2)20(17(3)13-15)14-19-10-7-11-21-23(19,22)18-8-5-4-6-9-18;/h4-6,8,12-13,19H,7,10-11,14H2,1-3H3;/q-1;+1/t19-,23+;/m0./s1. The Kier molecular flexibility index (Phi) is 6.37. The van der Waals surface area contributed by atoms with E-state index in [0.717, 1.165) is 24.2 Å². The van der Waals surface area contributed by atoms with E-state index in [0.29, 0.717) is 6.54 Å². The molecule has 0 saturated heterocycles. The molecule has 0 fully saturated rings. The van der Waals surface area contributed by atoms with Crippen molar-refractivity contribution in [2.75, 3.05) is 6.54 Å². The molecule has 0 spiro atoms. The summed E-state index contributed by atoms with van der Waals surface area (Å²) in [4.78, 5) is 0.770. The van der Waals surface area contributed by atoms with Gasteiger partial charge in [0.2, 0.25) is 0 Å². The van der Waals surface area contributed by atoms with Crippen LogP contribution in [0.1, 0.15) is 35.1 Å². The van der Waals surface area contributed by atoms with Gasteiger partial charge in [-0.25, -0.2) is 8.57 Å². The van der Waals surface area contributed by atoms with Crippen LogP contribution < -0.4 is 18.9 Å². The first-order chi connectivity index (χ1) is 11.0. The summed E-state index contributed by atoms with van der Waals surface area (Å²) in [6.07, 6.45) is 2.83. The van der Waals surface area contributed by atoms with Crippen LogP contribution in [-0.4, -0.2) is 16.0 Å². The van der Waals surface area contributed by atoms with Gasteiger partial charge in [-0.1, -0.05) is 22.6 Å². The van der Waals surface area contributed by atoms with Gasteiger partial charge in [0.25, 0.3) is 0 Å². The summed E-state index contributed by atoms with van der Waals surface area (Å²) in [6.45, 7) is 7.14. The number of benzene rings is 2. The fourth-order valence-corrected chi connectivity index (χ4v) is 6.07. The molecule has 0 amide bonds. The third-order valence-electron chi connectivity index (χ3n) is 4.69. The Morgan fingerprint density at radius 2 is 1.92 bits per heavy atom. The number of rotatable bonds is 3. The summed E-state index contributed by atoms with van der Waals surface area (Å²) in [6, 6.07) is 15.2. The van der Waals surface area contributed by atoms with Crippen LogP contribution in [0, 0.1) is 26.8 Å². The quantitative estimate of drug-likeness (QED) is 0.620. The maximum atomic E-state index is 13.6. The van der Waals surface area contributed by atoms with Crippen molar-refractivity contribution in [3.63, 3.8) is 0 Å². The normalized spacial score (nSPS) is 23.2. The molecule has 0 N–H and O–H groups in total. The van der Waals surface area contributed by atoms with E-state index in [1.165, 1.54) is 22.3 Å². The Labute approximate surface area is 158 Å². The van der Waals surface area contributed by atoms with Crippen molar-refractivity contribution in [2.45, 2.75) is 50.2 Å². The molecule has 1 aliphatic rings. The Balaban J connectivity index is 0.00000208. The van der Waals surface area contributed by atoms with Crippen LogP contribution in [0.15, 0.2) is 45.7 Å². The average Bonchev–Trinajstić information content (AvgIpc) is 2.53. The predicted molar refractivity (Wildman–Crippen MR) is 96.4 cm³/mol. The van der Waals surface area contributed by atoms with Crippen molar-refractivity contribution < 1.29 is 23.1 Å². The Bertz CT molecular complexity index is 800. The number of hydrogen-bond donors (Lipinski definition) is 0. The van der Waals surface area contributed by atoms with E-state index in [1.807, 2.05) is 24.3 Å². The smallest absolute Gasteiger partial charge is 0.247 e. The Morgan fingerprint density at radius 3 is 2.54 bits per heavy atom. The van der Waals surface area contributed by atoms with Crippen LogP contribution in [0.25, 0.3) is 0 Å². The Morgan fingerprint density at radius 1 is 1.21 bits per heavy atom. The van der Waals surface area contributed by atoms with Crippen molar-refractivity contribution in [1.82, 2.24) is 0 Å².